The second kappa shape index (κ2) is 7.19. The summed E-state index contributed by atoms with van der Waals surface area (Å²) < 4.78 is 64.5. The highest BCUT2D eigenvalue weighted by molar-refractivity contribution is 5.85. The van der Waals surface area contributed by atoms with E-state index in [0.717, 1.165) is 12.0 Å². The van der Waals surface area contributed by atoms with E-state index in [1.54, 1.807) is 19.1 Å². The first-order valence-electron chi connectivity index (χ1n) is 7.86. The van der Waals surface area contributed by atoms with E-state index in [1.807, 2.05) is 12.3 Å². The first kappa shape index (κ1) is 18.0. The van der Waals surface area contributed by atoms with E-state index in [-0.39, 0.29) is 6.10 Å². The molecule has 0 fully saturated rings. The molecule has 0 saturated heterocycles. The number of pyridine rings is 1. The summed E-state index contributed by atoms with van der Waals surface area (Å²) in [6.45, 7) is 4.13. The van der Waals surface area contributed by atoms with Gasteiger partial charge in [-0.1, -0.05) is 0 Å². The van der Waals surface area contributed by atoms with Crippen molar-refractivity contribution in [1.82, 2.24) is 4.98 Å². The Morgan fingerprint density at radius 2 is 1.96 bits per heavy atom. The molecule has 0 radical (unpaired) electrons. The van der Waals surface area contributed by atoms with Crippen LogP contribution in [0.3, 0.4) is 0 Å². The van der Waals surface area contributed by atoms with Crippen molar-refractivity contribution in [1.29, 1.82) is 0 Å². The zero-order chi connectivity index (χ0) is 18.8. The molecule has 0 aliphatic carbocycles. The SMILES string of the molecule is CCOc1cc2c(cc1/C=N\Nc1c(F)c(F)nc(F)c1F)O[C@H](C)C2. The summed E-state index contributed by atoms with van der Waals surface area (Å²) in [5.41, 5.74) is 2.33. The van der Waals surface area contributed by atoms with E-state index in [9.17, 15) is 17.6 Å². The fourth-order valence-electron chi connectivity index (χ4n) is 2.59. The maximum Gasteiger partial charge on any atom is 0.254 e. The van der Waals surface area contributed by atoms with Gasteiger partial charge in [-0.3, -0.25) is 5.43 Å². The van der Waals surface area contributed by atoms with Crippen molar-refractivity contribution in [2.24, 2.45) is 5.10 Å². The third-order valence-electron chi connectivity index (χ3n) is 3.71. The average Bonchev–Trinajstić information content (AvgIpc) is 2.95. The van der Waals surface area contributed by atoms with Crippen LogP contribution in [0.15, 0.2) is 17.2 Å². The van der Waals surface area contributed by atoms with Crippen LogP contribution in [0.1, 0.15) is 25.0 Å². The summed E-state index contributed by atoms with van der Waals surface area (Å²) in [4.78, 5) is 2.47. The number of fused-ring (bicyclic) bond motifs is 1. The van der Waals surface area contributed by atoms with Crippen LogP contribution in [0.2, 0.25) is 0 Å². The molecule has 5 nitrogen and oxygen atoms in total. The van der Waals surface area contributed by atoms with E-state index >= 15 is 0 Å². The summed E-state index contributed by atoms with van der Waals surface area (Å²) in [6, 6.07) is 3.48. The Morgan fingerprint density at radius 1 is 1.27 bits per heavy atom. The van der Waals surface area contributed by atoms with Gasteiger partial charge in [-0.05, 0) is 26.0 Å². The molecule has 0 bridgehead atoms. The van der Waals surface area contributed by atoms with Crippen molar-refractivity contribution in [2.75, 3.05) is 12.0 Å². The predicted octanol–water partition coefficient (Wildman–Crippen LogP) is 3.81. The lowest BCUT2D eigenvalue weighted by Gasteiger charge is -2.10. The zero-order valence-electron chi connectivity index (χ0n) is 13.9. The van der Waals surface area contributed by atoms with Crippen LogP contribution in [0.25, 0.3) is 0 Å². The van der Waals surface area contributed by atoms with Crippen LogP contribution in [0.5, 0.6) is 11.5 Å². The van der Waals surface area contributed by atoms with E-state index in [2.05, 4.69) is 10.1 Å². The number of hydrogen-bond donors (Lipinski definition) is 1. The molecule has 2 aromatic rings. The first-order chi connectivity index (χ1) is 12.4. The van der Waals surface area contributed by atoms with E-state index < -0.39 is 29.2 Å². The summed E-state index contributed by atoms with van der Waals surface area (Å²) >= 11 is 0. The van der Waals surface area contributed by atoms with Crippen LogP contribution < -0.4 is 14.9 Å². The standard InChI is InChI=1S/C17H15F4N3O2/c1-3-25-11-5-9-4-8(2)26-12(9)6-10(11)7-22-24-15-13(18)16(20)23-17(21)14(15)19/h5-8H,3-4H2,1-2H3,(H,23,24)/b22-7-/t8-/m1/s1. The number of aromatic nitrogens is 1. The third-order valence-corrected chi connectivity index (χ3v) is 3.71. The van der Waals surface area contributed by atoms with Gasteiger partial charge in [0.15, 0.2) is 0 Å². The van der Waals surface area contributed by atoms with Gasteiger partial charge in [-0.15, -0.1) is 0 Å². The molecule has 0 saturated carbocycles. The van der Waals surface area contributed by atoms with E-state index in [0.29, 0.717) is 23.7 Å². The molecular formula is C17H15F4N3O2. The number of nitrogens with zero attached hydrogens (tertiary/aromatic N) is 2. The number of benzene rings is 1. The van der Waals surface area contributed by atoms with Gasteiger partial charge in [0.05, 0.1) is 12.8 Å². The van der Waals surface area contributed by atoms with Gasteiger partial charge < -0.3 is 9.47 Å². The molecule has 3 rings (SSSR count). The maximum absolute atomic E-state index is 13.6. The van der Waals surface area contributed by atoms with Gasteiger partial charge in [-0.25, -0.2) is 0 Å². The quantitative estimate of drug-likeness (QED) is 0.377. The van der Waals surface area contributed by atoms with Crippen molar-refractivity contribution in [3.05, 3.63) is 46.8 Å². The maximum atomic E-state index is 13.6. The third kappa shape index (κ3) is 3.42. The van der Waals surface area contributed by atoms with Crippen molar-refractivity contribution in [2.45, 2.75) is 26.4 Å². The number of rotatable bonds is 5. The monoisotopic (exact) mass is 369 g/mol. The van der Waals surface area contributed by atoms with Gasteiger partial charge >= 0.3 is 0 Å². The van der Waals surface area contributed by atoms with Gasteiger partial charge in [0.1, 0.15) is 23.3 Å². The number of halogens is 4. The molecule has 1 aromatic carbocycles. The molecule has 0 spiro atoms. The predicted molar refractivity (Wildman–Crippen MR) is 86.7 cm³/mol. The molecule has 1 aromatic heterocycles. The van der Waals surface area contributed by atoms with E-state index in [1.165, 1.54) is 6.21 Å². The van der Waals surface area contributed by atoms with Crippen LogP contribution in [-0.2, 0) is 6.42 Å². The largest absolute Gasteiger partial charge is 0.493 e. The van der Waals surface area contributed by atoms with Gasteiger partial charge in [-0.2, -0.15) is 27.6 Å². The molecule has 138 valence electrons. The minimum absolute atomic E-state index is 0.0238. The first-order valence-corrected chi connectivity index (χ1v) is 7.86. The topological polar surface area (TPSA) is 55.7 Å². The molecule has 0 amide bonds. The Hall–Kier alpha value is -2.84. The Kier molecular flexibility index (Phi) is 4.97. The summed E-state index contributed by atoms with van der Waals surface area (Å²) in [5.74, 6) is -5.72. The van der Waals surface area contributed by atoms with Crippen LogP contribution >= 0.6 is 0 Å². The Balaban J connectivity index is 1.89. The fourth-order valence-corrected chi connectivity index (χ4v) is 2.59. The minimum Gasteiger partial charge on any atom is -0.493 e. The highest BCUT2D eigenvalue weighted by Gasteiger charge is 2.22. The highest BCUT2D eigenvalue weighted by atomic mass is 19.2. The highest BCUT2D eigenvalue weighted by Crippen LogP contribution is 2.34. The summed E-state index contributed by atoms with van der Waals surface area (Å²) in [6.07, 6.45) is 1.97. The molecule has 2 heterocycles. The number of nitrogens with one attached hydrogen (secondary N) is 1. The summed E-state index contributed by atoms with van der Waals surface area (Å²) in [5, 5.41) is 3.65. The van der Waals surface area contributed by atoms with Crippen LogP contribution in [-0.4, -0.2) is 23.9 Å². The van der Waals surface area contributed by atoms with Crippen LogP contribution in [0, 0.1) is 23.5 Å². The van der Waals surface area contributed by atoms with Gasteiger partial charge in [0.25, 0.3) is 11.9 Å². The fraction of sp³-hybridized carbons (Fsp3) is 0.294. The average molecular weight is 369 g/mol. The number of ether oxygens (including phenoxy) is 2. The Labute approximate surface area is 146 Å². The zero-order valence-corrected chi connectivity index (χ0v) is 13.9. The van der Waals surface area contributed by atoms with Gasteiger partial charge in [0, 0.05) is 17.5 Å². The Bertz CT molecular complexity index is 848. The molecule has 1 aliphatic rings. The number of anilines is 1. The van der Waals surface area contributed by atoms with Crippen molar-refractivity contribution in [3.63, 3.8) is 0 Å². The Morgan fingerprint density at radius 3 is 2.62 bits per heavy atom. The molecule has 1 atom stereocenters. The van der Waals surface area contributed by atoms with Crippen molar-refractivity contribution >= 4 is 11.9 Å². The molecule has 1 aliphatic heterocycles. The molecule has 26 heavy (non-hydrogen) atoms. The molecule has 0 unspecified atom stereocenters. The number of hydrogen-bond acceptors (Lipinski definition) is 5. The van der Waals surface area contributed by atoms with E-state index in [4.69, 9.17) is 9.47 Å². The van der Waals surface area contributed by atoms with Gasteiger partial charge in [0.2, 0.25) is 11.6 Å². The summed E-state index contributed by atoms with van der Waals surface area (Å²) in [7, 11) is 0. The normalized spacial score (nSPS) is 15.8. The molecular weight excluding hydrogens is 354 g/mol. The smallest absolute Gasteiger partial charge is 0.254 e. The van der Waals surface area contributed by atoms with Crippen LogP contribution in [0.4, 0.5) is 23.2 Å². The minimum atomic E-state index is -1.77. The molecule has 9 heteroatoms. The second-order valence-electron chi connectivity index (χ2n) is 5.63. The second-order valence-corrected chi connectivity index (χ2v) is 5.63. The lowest BCUT2D eigenvalue weighted by Crippen LogP contribution is -2.06. The van der Waals surface area contributed by atoms with Crippen molar-refractivity contribution in [3.8, 4) is 11.5 Å². The lowest BCUT2D eigenvalue weighted by molar-refractivity contribution is 0.254. The van der Waals surface area contributed by atoms with Crippen molar-refractivity contribution < 1.29 is 27.0 Å². The number of hydrazone groups is 1. The molecule has 1 N–H and O–H groups in total. The lowest BCUT2D eigenvalue weighted by atomic mass is 10.1.